The van der Waals surface area contributed by atoms with Gasteiger partial charge in [-0.05, 0) is 17.9 Å². The Labute approximate surface area is 127 Å². The van der Waals surface area contributed by atoms with Crippen LogP contribution in [0, 0.1) is 5.41 Å². The van der Waals surface area contributed by atoms with Crippen molar-refractivity contribution in [2.24, 2.45) is 11.1 Å². The fourth-order valence-electron chi connectivity index (χ4n) is 2.94. The number of nitrogens with zero attached hydrogens (tertiary/aromatic N) is 1. The molecular formula is C17H28N2O2. The highest BCUT2D eigenvalue weighted by molar-refractivity contribution is 5.20. The Balaban J connectivity index is 2.05. The quantitative estimate of drug-likeness (QED) is 0.869. The summed E-state index contributed by atoms with van der Waals surface area (Å²) in [7, 11) is 0. The summed E-state index contributed by atoms with van der Waals surface area (Å²) in [6.45, 7) is 8.99. The minimum absolute atomic E-state index is 0.0127. The van der Waals surface area contributed by atoms with Gasteiger partial charge in [0.05, 0.1) is 19.3 Å². The van der Waals surface area contributed by atoms with Crippen molar-refractivity contribution in [2.75, 3.05) is 26.3 Å². The Hall–Kier alpha value is -0.940. The second kappa shape index (κ2) is 6.88. The molecule has 3 N–H and O–H groups in total. The molecule has 1 fully saturated rings. The standard InChI is InChI=1S/C17H28N2O2/c1-13-11-21-15(10-20)9-19(13)12-17(2,3)16(18)14-7-5-4-6-8-14/h4-8,13,15-16,20H,9-12,18H2,1-3H3. The van der Waals surface area contributed by atoms with Gasteiger partial charge in [-0.1, -0.05) is 44.2 Å². The molecule has 3 unspecified atom stereocenters. The van der Waals surface area contributed by atoms with E-state index < -0.39 is 0 Å². The van der Waals surface area contributed by atoms with Crippen LogP contribution in [0.3, 0.4) is 0 Å². The van der Waals surface area contributed by atoms with E-state index in [9.17, 15) is 5.11 Å². The predicted molar refractivity (Wildman–Crippen MR) is 85.0 cm³/mol. The van der Waals surface area contributed by atoms with Gasteiger partial charge in [-0.2, -0.15) is 0 Å². The average Bonchev–Trinajstić information content (AvgIpc) is 2.49. The van der Waals surface area contributed by atoms with E-state index in [4.69, 9.17) is 10.5 Å². The molecule has 0 radical (unpaired) electrons. The first-order chi connectivity index (χ1) is 9.94. The fraction of sp³-hybridized carbons (Fsp3) is 0.647. The van der Waals surface area contributed by atoms with Crippen LogP contribution in [0.4, 0.5) is 0 Å². The van der Waals surface area contributed by atoms with Crippen LogP contribution in [0.15, 0.2) is 30.3 Å². The summed E-state index contributed by atoms with van der Waals surface area (Å²) >= 11 is 0. The maximum atomic E-state index is 9.30. The van der Waals surface area contributed by atoms with Gasteiger partial charge in [-0.15, -0.1) is 0 Å². The lowest BCUT2D eigenvalue weighted by atomic mass is 9.80. The molecule has 1 aliphatic heterocycles. The molecule has 1 aliphatic rings. The molecule has 0 aromatic heterocycles. The van der Waals surface area contributed by atoms with Crippen LogP contribution in [0.1, 0.15) is 32.4 Å². The van der Waals surface area contributed by atoms with Crippen LogP contribution in [-0.2, 0) is 4.74 Å². The lowest BCUT2D eigenvalue weighted by Crippen LogP contribution is -2.53. The van der Waals surface area contributed by atoms with Crippen LogP contribution in [0.2, 0.25) is 0 Å². The minimum atomic E-state index is -0.0788. The second-order valence-electron chi connectivity index (χ2n) is 6.79. The molecule has 3 atom stereocenters. The number of aliphatic hydroxyl groups excluding tert-OH is 1. The van der Waals surface area contributed by atoms with Gasteiger partial charge in [0.15, 0.2) is 0 Å². The van der Waals surface area contributed by atoms with E-state index >= 15 is 0 Å². The third-order valence-electron chi connectivity index (χ3n) is 4.45. The van der Waals surface area contributed by atoms with E-state index in [0.717, 1.165) is 13.1 Å². The Bertz CT molecular complexity index is 436. The van der Waals surface area contributed by atoms with E-state index in [1.807, 2.05) is 18.2 Å². The summed E-state index contributed by atoms with van der Waals surface area (Å²) in [5, 5.41) is 9.30. The zero-order chi connectivity index (χ0) is 15.5. The Morgan fingerprint density at radius 1 is 1.38 bits per heavy atom. The van der Waals surface area contributed by atoms with Crippen LogP contribution in [0.25, 0.3) is 0 Å². The SMILES string of the molecule is CC1COC(CO)CN1CC(C)(C)C(N)c1ccccc1. The third kappa shape index (κ3) is 4.04. The molecule has 0 aliphatic carbocycles. The van der Waals surface area contributed by atoms with Crippen molar-refractivity contribution in [3.05, 3.63) is 35.9 Å². The van der Waals surface area contributed by atoms with Crippen LogP contribution >= 0.6 is 0 Å². The predicted octanol–water partition coefficient (Wildman–Crippen LogP) is 1.79. The summed E-state index contributed by atoms with van der Waals surface area (Å²) in [6, 6.07) is 10.6. The highest BCUT2D eigenvalue weighted by Crippen LogP contribution is 2.33. The van der Waals surface area contributed by atoms with Crippen LogP contribution in [0.5, 0.6) is 0 Å². The average molecular weight is 292 g/mol. The summed E-state index contributed by atoms with van der Waals surface area (Å²) in [5.74, 6) is 0. The summed E-state index contributed by atoms with van der Waals surface area (Å²) in [4.78, 5) is 2.38. The smallest absolute Gasteiger partial charge is 0.0933 e. The first-order valence-corrected chi connectivity index (χ1v) is 7.71. The van der Waals surface area contributed by atoms with Crippen molar-refractivity contribution in [1.29, 1.82) is 0 Å². The molecule has 21 heavy (non-hydrogen) atoms. The highest BCUT2D eigenvalue weighted by Gasteiger charge is 2.34. The molecule has 4 heteroatoms. The van der Waals surface area contributed by atoms with Crippen molar-refractivity contribution in [1.82, 2.24) is 4.90 Å². The van der Waals surface area contributed by atoms with Gasteiger partial charge >= 0.3 is 0 Å². The number of rotatable bonds is 5. The van der Waals surface area contributed by atoms with E-state index in [2.05, 4.69) is 37.8 Å². The maximum absolute atomic E-state index is 9.30. The van der Waals surface area contributed by atoms with Crippen molar-refractivity contribution in [3.8, 4) is 0 Å². The van der Waals surface area contributed by atoms with E-state index in [1.54, 1.807) is 0 Å². The first kappa shape index (κ1) is 16.4. The van der Waals surface area contributed by atoms with Gasteiger partial charge in [-0.3, -0.25) is 4.90 Å². The minimum Gasteiger partial charge on any atom is -0.394 e. The number of ether oxygens (including phenoxy) is 1. The number of morpholine rings is 1. The number of aliphatic hydroxyl groups is 1. The monoisotopic (exact) mass is 292 g/mol. The van der Waals surface area contributed by atoms with Crippen LogP contribution < -0.4 is 5.73 Å². The zero-order valence-corrected chi connectivity index (χ0v) is 13.3. The van der Waals surface area contributed by atoms with Gasteiger partial charge in [-0.25, -0.2) is 0 Å². The number of benzene rings is 1. The normalized spacial score (nSPS) is 25.8. The molecule has 2 rings (SSSR count). The first-order valence-electron chi connectivity index (χ1n) is 7.71. The lowest BCUT2D eigenvalue weighted by molar-refractivity contribution is -0.0875. The van der Waals surface area contributed by atoms with Crippen molar-refractivity contribution in [3.63, 3.8) is 0 Å². The summed E-state index contributed by atoms with van der Waals surface area (Å²) < 4.78 is 5.61. The molecule has 1 aromatic rings. The Morgan fingerprint density at radius 2 is 2.05 bits per heavy atom. The lowest BCUT2D eigenvalue weighted by Gasteiger charge is -2.43. The van der Waals surface area contributed by atoms with Crippen molar-refractivity contribution >= 4 is 0 Å². The Kier molecular flexibility index (Phi) is 5.38. The molecular weight excluding hydrogens is 264 g/mol. The van der Waals surface area contributed by atoms with Gasteiger partial charge in [0.2, 0.25) is 0 Å². The number of hydrogen-bond acceptors (Lipinski definition) is 4. The largest absolute Gasteiger partial charge is 0.394 e. The van der Waals surface area contributed by atoms with Gasteiger partial charge in [0, 0.05) is 25.2 Å². The van der Waals surface area contributed by atoms with Gasteiger partial charge < -0.3 is 15.6 Å². The second-order valence-corrected chi connectivity index (χ2v) is 6.79. The molecule has 1 aromatic carbocycles. The molecule has 1 heterocycles. The molecule has 1 saturated heterocycles. The summed E-state index contributed by atoms with van der Waals surface area (Å²) in [6.07, 6.45) is -0.0788. The fourth-order valence-corrected chi connectivity index (χ4v) is 2.94. The third-order valence-corrected chi connectivity index (χ3v) is 4.45. The molecule has 118 valence electrons. The Morgan fingerprint density at radius 3 is 2.67 bits per heavy atom. The van der Waals surface area contributed by atoms with E-state index in [1.165, 1.54) is 5.56 Å². The highest BCUT2D eigenvalue weighted by atomic mass is 16.5. The van der Waals surface area contributed by atoms with Crippen molar-refractivity contribution < 1.29 is 9.84 Å². The molecule has 0 spiro atoms. The molecule has 4 nitrogen and oxygen atoms in total. The molecule has 0 amide bonds. The van der Waals surface area contributed by atoms with Crippen LogP contribution in [-0.4, -0.2) is 48.5 Å². The zero-order valence-electron chi connectivity index (χ0n) is 13.3. The van der Waals surface area contributed by atoms with Crippen molar-refractivity contribution in [2.45, 2.75) is 39.0 Å². The van der Waals surface area contributed by atoms with Gasteiger partial charge in [0.1, 0.15) is 0 Å². The van der Waals surface area contributed by atoms with E-state index in [-0.39, 0.29) is 24.2 Å². The summed E-state index contributed by atoms with van der Waals surface area (Å²) in [5.41, 5.74) is 7.62. The van der Waals surface area contributed by atoms with E-state index in [0.29, 0.717) is 12.6 Å². The topological polar surface area (TPSA) is 58.7 Å². The molecule has 0 saturated carbocycles. The van der Waals surface area contributed by atoms with Gasteiger partial charge in [0.25, 0.3) is 0 Å². The number of nitrogens with two attached hydrogens (primary N) is 1. The molecule has 0 bridgehead atoms. The maximum Gasteiger partial charge on any atom is 0.0933 e. The number of hydrogen-bond donors (Lipinski definition) is 2.